The van der Waals surface area contributed by atoms with Gasteiger partial charge in [-0.1, -0.05) is 59.3 Å². The second-order valence-corrected chi connectivity index (χ2v) is 14.1. The van der Waals surface area contributed by atoms with Crippen molar-refractivity contribution in [2.75, 3.05) is 13.2 Å². The van der Waals surface area contributed by atoms with Gasteiger partial charge in [0.2, 0.25) is 0 Å². The molecule has 0 aromatic heterocycles. The first-order valence-electron chi connectivity index (χ1n) is 8.81. The van der Waals surface area contributed by atoms with Gasteiger partial charge in [0.05, 0.1) is 13.2 Å². The number of rotatable bonds is 5. The molecule has 0 spiro atoms. The molecule has 0 aliphatic rings. The Morgan fingerprint density at radius 2 is 0.962 bits per heavy atom. The van der Waals surface area contributed by atoms with Gasteiger partial charge in [-0.15, -0.1) is 0 Å². The molecular weight excluding hydrogens is 352 g/mol. The van der Waals surface area contributed by atoms with Crippen LogP contribution >= 0.6 is 0 Å². The highest BCUT2D eigenvalue weighted by Crippen LogP contribution is 2.07. The lowest BCUT2D eigenvalue weighted by Crippen LogP contribution is -2.34. The molecule has 2 nitrogen and oxygen atoms in total. The molecule has 0 N–H and O–H groups in total. The number of benzene rings is 2. The van der Waals surface area contributed by atoms with Crippen LogP contribution < -0.4 is 0 Å². The summed E-state index contributed by atoms with van der Waals surface area (Å²) in [5.41, 5.74) is 8.68. The SMILES string of the molecule is C[Si](C)(C#Cc1ccccc1)OCCO[Si](C)(C)C#Cc1ccccc1. The monoisotopic (exact) mass is 378 g/mol. The maximum atomic E-state index is 6.02. The highest BCUT2D eigenvalue weighted by molar-refractivity contribution is 6.79. The summed E-state index contributed by atoms with van der Waals surface area (Å²) in [6.45, 7) is 9.57. The second-order valence-electron chi connectivity index (χ2n) is 6.95. The highest BCUT2D eigenvalue weighted by Gasteiger charge is 2.22. The van der Waals surface area contributed by atoms with Crippen molar-refractivity contribution in [3.05, 3.63) is 71.8 Å². The number of hydrogen-bond acceptors (Lipinski definition) is 2. The van der Waals surface area contributed by atoms with E-state index in [4.69, 9.17) is 8.85 Å². The van der Waals surface area contributed by atoms with Crippen molar-refractivity contribution < 1.29 is 8.85 Å². The first kappa shape index (κ1) is 20.2. The maximum Gasteiger partial charge on any atom is 0.266 e. The largest absolute Gasteiger partial charge is 0.403 e. The third-order valence-electron chi connectivity index (χ3n) is 3.57. The fraction of sp³-hybridized carbons (Fsp3) is 0.273. The predicted octanol–water partition coefficient (Wildman–Crippen LogP) is 4.61. The maximum absolute atomic E-state index is 6.02. The van der Waals surface area contributed by atoms with Gasteiger partial charge in [0.15, 0.2) is 0 Å². The summed E-state index contributed by atoms with van der Waals surface area (Å²) in [6.07, 6.45) is 0. The van der Waals surface area contributed by atoms with Crippen molar-refractivity contribution in [3.8, 4) is 22.9 Å². The first-order valence-corrected chi connectivity index (χ1v) is 14.6. The van der Waals surface area contributed by atoms with Crippen molar-refractivity contribution in [2.24, 2.45) is 0 Å². The molecule has 0 aliphatic heterocycles. The summed E-state index contributed by atoms with van der Waals surface area (Å²) in [7, 11) is -4.03. The van der Waals surface area contributed by atoms with Gasteiger partial charge in [-0.2, -0.15) is 0 Å². The Labute approximate surface area is 159 Å². The zero-order valence-corrected chi connectivity index (χ0v) is 18.0. The average Bonchev–Trinajstić information content (AvgIpc) is 2.64. The smallest absolute Gasteiger partial charge is 0.266 e. The zero-order chi connectivity index (χ0) is 18.9. The van der Waals surface area contributed by atoms with Crippen LogP contribution in [0.25, 0.3) is 0 Å². The van der Waals surface area contributed by atoms with E-state index in [-0.39, 0.29) is 0 Å². The van der Waals surface area contributed by atoms with Gasteiger partial charge in [-0.3, -0.25) is 0 Å². The van der Waals surface area contributed by atoms with Gasteiger partial charge < -0.3 is 8.85 Å². The van der Waals surface area contributed by atoms with E-state index in [9.17, 15) is 0 Å². The van der Waals surface area contributed by atoms with Crippen LogP contribution in [0.1, 0.15) is 11.1 Å². The van der Waals surface area contributed by atoms with Gasteiger partial charge in [0.1, 0.15) is 0 Å². The Morgan fingerprint density at radius 1 is 0.615 bits per heavy atom. The van der Waals surface area contributed by atoms with Gasteiger partial charge in [-0.25, -0.2) is 0 Å². The van der Waals surface area contributed by atoms with Crippen LogP contribution in [0.5, 0.6) is 0 Å². The van der Waals surface area contributed by atoms with Crippen molar-refractivity contribution in [3.63, 3.8) is 0 Å². The van der Waals surface area contributed by atoms with Crippen LogP contribution in [0, 0.1) is 22.9 Å². The summed E-state index contributed by atoms with van der Waals surface area (Å²) >= 11 is 0. The molecule has 2 aromatic rings. The van der Waals surface area contributed by atoms with Crippen molar-refractivity contribution in [1.29, 1.82) is 0 Å². The van der Waals surface area contributed by atoms with Crippen LogP contribution in [-0.2, 0) is 8.85 Å². The minimum Gasteiger partial charge on any atom is -0.403 e. The van der Waals surface area contributed by atoms with E-state index in [0.717, 1.165) is 11.1 Å². The molecule has 0 unspecified atom stereocenters. The minimum absolute atomic E-state index is 0.562. The molecule has 0 radical (unpaired) electrons. The molecule has 0 bridgehead atoms. The molecule has 0 saturated heterocycles. The van der Waals surface area contributed by atoms with Crippen molar-refractivity contribution in [1.82, 2.24) is 0 Å². The van der Waals surface area contributed by atoms with Crippen LogP contribution in [-0.4, -0.2) is 29.8 Å². The van der Waals surface area contributed by atoms with Crippen molar-refractivity contribution in [2.45, 2.75) is 26.2 Å². The Morgan fingerprint density at radius 3 is 1.31 bits per heavy atom. The van der Waals surface area contributed by atoms with Crippen molar-refractivity contribution >= 4 is 16.6 Å². The molecular formula is C22H26O2Si2. The third-order valence-corrected chi connectivity index (χ3v) is 6.88. The fourth-order valence-electron chi connectivity index (χ4n) is 2.15. The molecule has 0 aliphatic carbocycles. The summed E-state index contributed by atoms with van der Waals surface area (Å²) < 4.78 is 12.0. The van der Waals surface area contributed by atoms with Gasteiger partial charge in [-0.05, 0) is 50.5 Å². The van der Waals surface area contributed by atoms with E-state index in [1.54, 1.807) is 0 Å². The van der Waals surface area contributed by atoms with E-state index in [2.05, 4.69) is 49.1 Å². The molecule has 0 fully saturated rings. The van der Waals surface area contributed by atoms with Crippen LogP contribution in [0.3, 0.4) is 0 Å². The molecule has 134 valence electrons. The first-order chi connectivity index (χ1) is 12.4. The van der Waals surface area contributed by atoms with Crippen LogP contribution in [0.2, 0.25) is 26.2 Å². The normalized spacial score (nSPS) is 11.1. The van der Waals surface area contributed by atoms with E-state index in [1.807, 2.05) is 60.7 Å². The lowest BCUT2D eigenvalue weighted by molar-refractivity contribution is 0.212. The molecule has 2 rings (SSSR count). The highest BCUT2D eigenvalue weighted by atomic mass is 28.4. The standard InChI is InChI=1S/C22H26O2Si2/c1-25(2,19-15-21-11-7-5-8-12-21)23-17-18-24-26(3,4)20-16-22-13-9-6-10-14-22/h5-14H,17-18H2,1-4H3. The number of hydrogen-bond donors (Lipinski definition) is 0. The lowest BCUT2D eigenvalue weighted by Gasteiger charge is -2.20. The Balaban J connectivity index is 1.80. The van der Waals surface area contributed by atoms with E-state index >= 15 is 0 Å². The van der Waals surface area contributed by atoms with E-state index < -0.39 is 16.6 Å². The minimum atomic E-state index is -2.02. The molecule has 0 amide bonds. The van der Waals surface area contributed by atoms with Crippen LogP contribution in [0.15, 0.2) is 60.7 Å². The Bertz CT molecular complexity index is 736. The molecule has 0 saturated carbocycles. The molecule has 0 heterocycles. The summed E-state index contributed by atoms with van der Waals surface area (Å²) in [4.78, 5) is 0. The quantitative estimate of drug-likeness (QED) is 0.430. The van der Waals surface area contributed by atoms with E-state index in [0.29, 0.717) is 13.2 Å². The van der Waals surface area contributed by atoms with Gasteiger partial charge in [0, 0.05) is 11.1 Å². The Hall–Kier alpha value is -2.09. The topological polar surface area (TPSA) is 18.5 Å². The zero-order valence-electron chi connectivity index (χ0n) is 16.0. The molecule has 26 heavy (non-hydrogen) atoms. The average molecular weight is 379 g/mol. The fourth-order valence-corrected chi connectivity index (χ4v) is 4.38. The predicted molar refractivity (Wildman–Crippen MR) is 114 cm³/mol. The summed E-state index contributed by atoms with van der Waals surface area (Å²) in [6, 6.07) is 20.0. The molecule has 4 heteroatoms. The van der Waals surface area contributed by atoms with Gasteiger partial charge in [0.25, 0.3) is 16.6 Å². The second kappa shape index (κ2) is 9.57. The third kappa shape index (κ3) is 7.86. The van der Waals surface area contributed by atoms with E-state index in [1.165, 1.54) is 0 Å². The summed E-state index contributed by atoms with van der Waals surface area (Å²) in [5.74, 6) is 6.43. The summed E-state index contributed by atoms with van der Waals surface area (Å²) in [5, 5.41) is 0. The molecule has 2 aromatic carbocycles. The van der Waals surface area contributed by atoms with Crippen LogP contribution in [0.4, 0.5) is 0 Å². The molecule has 0 atom stereocenters. The Kier molecular flexibility index (Phi) is 7.44. The van der Waals surface area contributed by atoms with Gasteiger partial charge >= 0.3 is 0 Å². The lowest BCUT2D eigenvalue weighted by atomic mass is 10.2.